The van der Waals surface area contributed by atoms with Gasteiger partial charge in [-0.15, -0.1) is 10.2 Å². The lowest BCUT2D eigenvalue weighted by Gasteiger charge is -2.41. The van der Waals surface area contributed by atoms with E-state index in [2.05, 4.69) is 36.9 Å². The van der Waals surface area contributed by atoms with E-state index in [1.54, 1.807) is 18.1 Å². The molecule has 3 heterocycles. The average molecular weight is 590 g/mol. The van der Waals surface area contributed by atoms with Gasteiger partial charge in [0, 0.05) is 44.8 Å². The molecular weight excluding hydrogens is 555 g/mol. The number of anilines is 2. The molecule has 4 aromatic rings. The van der Waals surface area contributed by atoms with Gasteiger partial charge in [0.25, 0.3) is 5.91 Å². The Morgan fingerprint density at radius 1 is 0.953 bits per heavy atom. The molecule has 1 amide bonds. The Kier molecular flexibility index (Phi) is 8.61. The van der Waals surface area contributed by atoms with Crippen LogP contribution in [-0.2, 0) is 12.6 Å². The summed E-state index contributed by atoms with van der Waals surface area (Å²) in [6, 6.07) is 15.1. The summed E-state index contributed by atoms with van der Waals surface area (Å²) >= 11 is 0. The third-order valence-electron chi connectivity index (χ3n) is 7.99. The first-order chi connectivity index (χ1) is 20.5. The zero-order valence-corrected chi connectivity index (χ0v) is 24.6. The summed E-state index contributed by atoms with van der Waals surface area (Å²) in [6.45, 7) is 8.55. The first kappa shape index (κ1) is 29.9. The van der Waals surface area contributed by atoms with Crippen molar-refractivity contribution in [1.29, 1.82) is 0 Å². The molecular formula is C32H34F3N7O. The number of amides is 1. The normalized spacial score (nSPS) is 15.5. The predicted octanol–water partition coefficient (Wildman–Crippen LogP) is 5.60. The van der Waals surface area contributed by atoms with Crippen molar-refractivity contribution in [2.24, 2.45) is 0 Å². The highest BCUT2D eigenvalue weighted by Crippen LogP contribution is 2.33. The fourth-order valence-electron chi connectivity index (χ4n) is 5.29. The summed E-state index contributed by atoms with van der Waals surface area (Å²) in [5.41, 5.74) is 3.75. The lowest BCUT2D eigenvalue weighted by atomic mass is 10.0. The van der Waals surface area contributed by atoms with Crippen molar-refractivity contribution < 1.29 is 18.0 Å². The molecule has 0 spiro atoms. The molecule has 0 radical (unpaired) electrons. The lowest BCUT2D eigenvalue weighted by molar-refractivity contribution is -0.137. The number of piperazine rings is 1. The van der Waals surface area contributed by atoms with Crippen LogP contribution >= 0.6 is 0 Å². The number of carbonyl (C=O) groups excluding carboxylic acids is 1. The van der Waals surface area contributed by atoms with Crippen LogP contribution in [0.3, 0.4) is 0 Å². The van der Waals surface area contributed by atoms with Crippen LogP contribution in [0.2, 0.25) is 0 Å². The van der Waals surface area contributed by atoms with Crippen molar-refractivity contribution in [2.75, 3.05) is 43.0 Å². The minimum Gasteiger partial charge on any atom is -0.351 e. The molecule has 0 N–H and O–H groups in total. The maximum absolute atomic E-state index is 13.0. The van der Waals surface area contributed by atoms with Crippen molar-refractivity contribution in [3.8, 4) is 11.3 Å². The lowest BCUT2D eigenvalue weighted by Crippen LogP contribution is -2.53. The summed E-state index contributed by atoms with van der Waals surface area (Å²) in [5, 5.41) is 8.89. The van der Waals surface area contributed by atoms with Crippen LogP contribution < -0.4 is 9.80 Å². The molecule has 0 aliphatic carbocycles. The Bertz CT molecular complexity index is 1560. The van der Waals surface area contributed by atoms with Gasteiger partial charge in [0.2, 0.25) is 0 Å². The summed E-state index contributed by atoms with van der Waals surface area (Å²) < 4.78 is 39.0. The van der Waals surface area contributed by atoms with Gasteiger partial charge in [0.15, 0.2) is 5.82 Å². The summed E-state index contributed by atoms with van der Waals surface area (Å²) in [4.78, 5) is 27.9. The van der Waals surface area contributed by atoms with Gasteiger partial charge < -0.3 is 14.7 Å². The third-order valence-corrected chi connectivity index (χ3v) is 7.99. The van der Waals surface area contributed by atoms with Gasteiger partial charge in [-0.25, -0.2) is 9.97 Å². The zero-order chi connectivity index (χ0) is 30.7. The molecule has 8 nitrogen and oxygen atoms in total. The maximum atomic E-state index is 13.0. The second kappa shape index (κ2) is 12.4. The quantitative estimate of drug-likeness (QED) is 0.278. The van der Waals surface area contributed by atoms with E-state index in [0.717, 1.165) is 35.5 Å². The number of halogens is 3. The number of benzene rings is 2. The Morgan fingerprint density at radius 3 is 2.30 bits per heavy atom. The molecule has 0 unspecified atom stereocenters. The largest absolute Gasteiger partial charge is 0.416 e. The highest BCUT2D eigenvalue weighted by atomic mass is 19.4. The number of hydrogen-bond acceptors (Lipinski definition) is 7. The Hall–Kier alpha value is -4.54. The fraction of sp³-hybridized carbons (Fsp3) is 0.344. The van der Waals surface area contributed by atoms with Gasteiger partial charge >= 0.3 is 6.18 Å². The molecule has 11 heteroatoms. The molecule has 5 rings (SSSR count). The van der Waals surface area contributed by atoms with Crippen LogP contribution in [0.1, 0.15) is 39.7 Å². The number of carbonyl (C=O) groups is 1. The van der Waals surface area contributed by atoms with Crippen LogP contribution in [-0.4, -0.2) is 70.2 Å². The Labute approximate surface area is 249 Å². The van der Waals surface area contributed by atoms with E-state index in [-0.39, 0.29) is 11.9 Å². The number of likely N-dealkylation sites (N-methyl/N-ethyl adjacent to an activating group) is 1. The summed E-state index contributed by atoms with van der Waals surface area (Å²) in [6.07, 6.45) is -0.437. The molecule has 1 aliphatic rings. The molecule has 2 aromatic carbocycles. The number of aromatic nitrogens is 4. The minimum absolute atomic E-state index is 0.0780. The minimum atomic E-state index is -4.39. The second-order valence-electron chi connectivity index (χ2n) is 10.9. The topological polar surface area (TPSA) is 78.4 Å². The molecule has 0 bridgehead atoms. The number of hydrogen-bond donors (Lipinski definition) is 0. The van der Waals surface area contributed by atoms with Gasteiger partial charge in [-0.3, -0.25) is 4.79 Å². The van der Waals surface area contributed by atoms with Gasteiger partial charge in [-0.1, -0.05) is 42.5 Å². The van der Waals surface area contributed by atoms with Crippen LogP contribution in [0.25, 0.3) is 11.3 Å². The van der Waals surface area contributed by atoms with Crippen molar-refractivity contribution >= 4 is 17.5 Å². The van der Waals surface area contributed by atoms with Crippen molar-refractivity contribution in [2.45, 2.75) is 39.4 Å². The van der Waals surface area contributed by atoms with Crippen molar-refractivity contribution in [1.82, 2.24) is 25.1 Å². The Morgan fingerprint density at radius 2 is 1.67 bits per heavy atom. The van der Waals surface area contributed by atoms with E-state index in [9.17, 15) is 18.0 Å². The molecule has 224 valence electrons. The summed E-state index contributed by atoms with van der Waals surface area (Å²) in [5.74, 6) is 1.29. The van der Waals surface area contributed by atoms with Crippen molar-refractivity contribution in [3.63, 3.8) is 0 Å². The maximum Gasteiger partial charge on any atom is 0.416 e. The van der Waals surface area contributed by atoms with Gasteiger partial charge in [0.1, 0.15) is 11.5 Å². The molecule has 1 fully saturated rings. The van der Waals surface area contributed by atoms with E-state index in [1.165, 1.54) is 23.9 Å². The fourth-order valence-corrected chi connectivity index (χ4v) is 5.29. The highest BCUT2D eigenvalue weighted by Gasteiger charge is 2.31. The molecule has 43 heavy (non-hydrogen) atoms. The molecule has 1 aliphatic heterocycles. The number of nitrogens with zero attached hydrogens (tertiary/aromatic N) is 7. The first-order valence-corrected chi connectivity index (χ1v) is 14.2. The van der Waals surface area contributed by atoms with Crippen LogP contribution in [0.15, 0.2) is 67.0 Å². The Balaban J connectivity index is 1.22. The second-order valence-corrected chi connectivity index (χ2v) is 10.9. The van der Waals surface area contributed by atoms with E-state index in [0.29, 0.717) is 48.9 Å². The molecule has 2 aromatic heterocycles. The number of rotatable bonds is 7. The number of alkyl halides is 3. The monoisotopic (exact) mass is 589 g/mol. The van der Waals surface area contributed by atoms with E-state index in [1.807, 2.05) is 44.2 Å². The average Bonchev–Trinajstić information content (AvgIpc) is 3.01. The van der Waals surface area contributed by atoms with Gasteiger partial charge in [-0.2, -0.15) is 13.2 Å². The highest BCUT2D eigenvalue weighted by molar-refractivity contribution is 5.91. The standard InChI is InChI=1S/C32H34F3N7O/c1-21-20-41(30-23(3)22(2)29(38-39-30)25-10-12-26(13-11-25)32(33,34)35)16-17-42(21)28-19-36-27(18-37-28)31(43)40(4)15-14-24-8-6-5-7-9-24/h5-13,18-19,21H,14-17,20H2,1-4H3/t21-/m1/s1. The predicted molar refractivity (Wildman–Crippen MR) is 160 cm³/mol. The third kappa shape index (κ3) is 6.60. The van der Waals surface area contributed by atoms with Gasteiger partial charge in [-0.05, 0) is 56.0 Å². The van der Waals surface area contributed by atoms with Crippen molar-refractivity contribution in [3.05, 3.63) is 94.9 Å². The van der Waals surface area contributed by atoms with E-state index < -0.39 is 11.7 Å². The molecule has 1 atom stereocenters. The van der Waals surface area contributed by atoms with Crippen LogP contribution in [0.4, 0.5) is 24.8 Å². The van der Waals surface area contributed by atoms with E-state index >= 15 is 0 Å². The smallest absolute Gasteiger partial charge is 0.351 e. The van der Waals surface area contributed by atoms with Crippen LogP contribution in [0.5, 0.6) is 0 Å². The zero-order valence-electron chi connectivity index (χ0n) is 24.6. The van der Waals surface area contributed by atoms with E-state index in [4.69, 9.17) is 0 Å². The molecule has 1 saturated heterocycles. The van der Waals surface area contributed by atoms with Gasteiger partial charge in [0.05, 0.1) is 23.7 Å². The molecule has 0 saturated carbocycles. The summed E-state index contributed by atoms with van der Waals surface area (Å²) in [7, 11) is 1.77. The SMILES string of the molecule is Cc1c(-c2ccc(C(F)(F)F)cc2)nnc(N2CCN(c3cnc(C(=O)N(C)CCc4ccccc4)cn3)[C@H](C)C2)c1C. The van der Waals surface area contributed by atoms with Crippen LogP contribution in [0, 0.1) is 13.8 Å². The first-order valence-electron chi connectivity index (χ1n) is 14.2.